The number of amides is 2. The first-order valence-electron chi connectivity index (χ1n) is 12.2. The van der Waals surface area contributed by atoms with Crippen LogP contribution in [0, 0.1) is 0 Å². The van der Waals surface area contributed by atoms with Gasteiger partial charge in [0.2, 0.25) is 5.91 Å². The Hall–Kier alpha value is -3.39. The third-order valence-electron chi connectivity index (χ3n) is 6.75. The summed E-state index contributed by atoms with van der Waals surface area (Å²) in [6, 6.07) is 15.5. The number of aliphatic carboxylic acids is 1. The number of benzene rings is 2. The number of hydrogen-bond acceptors (Lipinski definition) is 5. The molecule has 2 unspecified atom stereocenters. The van der Waals surface area contributed by atoms with Gasteiger partial charge in [0.15, 0.2) is 6.04 Å². The van der Waals surface area contributed by atoms with Gasteiger partial charge < -0.3 is 24.8 Å². The normalized spacial score (nSPS) is 19.1. The Bertz CT molecular complexity index is 1030. The third-order valence-corrected chi connectivity index (χ3v) is 6.75. The minimum absolute atomic E-state index is 0.0247. The van der Waals surface area contributed by atoms with E-state index in [0.717, 1.165) is 6.42 Å². The second-order valence-electron chi connectivity index (χ2n) is 9.01. The smallest absolute Gasteiger partial charge is 0.407 e. The molecule has 8 heteroatoms. The molecule has 35 heavy (non-hydrogen) atoms. The van der Waals surface area contributed by atoms with Gasteiger partial charge in [0.1, 0.15) is 6.61 Å². The number of carboxylic acids is 1. The Morgan fingerprint density at radius 2 is 1.69 bits per heavy atom. The van der Waals surface area contributed by atoms with Crippen LogP contribution in [-0.4, -0.2) is 66.4 Å². The van der Waals surface area contributed by atoms with E-state index < -0.39 is 24.2 Å². The average molecular weight is 481 g/mol. The number of fused-ring (bicyclic) bond motifs is 3. The van der Waals surface area contributed by atoms with Crippen molar-refractivity contribution >= 4 is 18.0 Å². The van der Waals surface area contributed by atoms with E-state index in [-0.39, 0.29) is 24.9 Å². The molecule has 2 aliphatic rings. The fourth-order valence-electron chi connectivity index (χ4n) is 5.00. The van der Waals surface area contributed by atoms with Crippen molar-refractivity contribution in [3.63, 3.8) is 0 Å². The molecule has 1 aliphatic carbocycles. The van der Waals surface area contributed by atoms with Gasteiger partial charge in [0.25, 0.3) is 0 Å². The predicted molar refractivity (Wildman–Crippen MR) is 130 cm³/mol. The number of nitrogens with zero attached hydrogens (tertiary/aromatic N) is 1. The van der Waals surface area contributed by atoms with Gasteiger partial charge in [-0.3, -0.25) is 4.79 Å². The summed E-state index contributed by atoms with van der Waals surface area (Å²) in [4.78, 5) is 37.6. The van der Waals surface area contributed by atoms with Crippen LogP contribution in [0.25, 0.3) is 11.1 Å². The molecular formula is C27H32N2O6. The van der Waals surface area contributed by atoms with E-state index in [0.29, 0.717) is 32.5 Å². The van der Waals surface area contributed by atoms with Crippen molar-refractivity contribution in [2.24, 2.45) is 0 Å². The molecule has 1 fully saturated rings. The van der Waals surface area contributed by atoms with Gasteiger partial charge in [-0.1, -0.05) is 55.0 Å². The summed E-state index contributed by atoms with van der Waals surface area (Å²) in [6.07, 6.45) is 1.39. The van der Waals surface area contributed by atoms with Crippen LogP contribution >= 0.6 is 0 Å². The summed E-state index contributed by atoms with van der Waals surface area (Å²) in [5, 5.41) is 12.2. The Labute approximate surface area is 205 Å². The monoisotopic (exact) mass is 480 g/mol. The lowest BCUT2D eigenvalue weighted by Crippen LogP contribution is -2.56. The molecular weight excluding hydrogens is 448 g/mol. The second kappa shape index (κ2) is 11.4. The van der Waals surface area contributed by atoms with Crippen LogP contribution in [-0.2, 0) is 19.1 Å². The second-order valence-corrected chi connectivity index (χ2v) is 9.01. The first kappa shape index (κ1) is 24.7. The fraction of sp³-hybridized carbons (Fsp3) is 0.444. The highest BCUT2D eigenvalue weighted by atomic mass is 16.5. The molecule has 2 N–H and O–H groups in total. The summed E-state index contributed by atoms with van der Waals surface area (Å²) < 4.78 is 10.9. The summed E-state index contributed by atoms with van der Waals surface area (Å²) in [6.45, 7) is 3.05. The summed E-state index contributed by atoms with van der Waals surface area (Å²) >= 11 is 0. The Balaban J connectivity index is 1.15. The first-order valence-corrected chi connectivity index (χ1v) is 12.2. The Morgan fingerprint density at radius 1 is 1.03 bits per heavy atom. The lowest BCUT2D eigenvalue weighted by molar-refractivity contribution is -0.164. The van der Waals surface area contributed by atoms with Gasteiger partial charge in [-0.05, 0) is 42.0 Å². The molecule has 186 valence electrons. The topological polar surface area (TPSA) is 105 Å². The molecule has 0 saturated carbocycles. The van der Waals surface area contributed by atoms with Gasteiger partial charge in [-0.25, -0.2) is 9.59 Å². The maximum Gasteiger partial charge on any atom is 0.407 e. The van der Waals surface area contributed by atoms with Crippen LogP contribution in [0.4, 0.5) is 4.79 Å². The minimum atomic E-state index is -1.04. The SMILES string of the molecule is CC1OCCN(C(=O)CCCCCNC(=O)OCC2c3ccccc3-c3ccccc32)C1C(=O)O. The van der Waals surface area contributed by atoms with Crippen molar-refractivity contribution in [1.29, 1.82) is 0 Å². The first-order chi connectivity index (χ1) is 17.0. The molecule has 8 nitrogen and oxygen atoms in total. The Kier molecular flexibility index (Phi) is 8.02. The van der Waals surface area contributed by atoms with Crippen LogP contribution in [0.2, 0.25) is 0 Å². The lowest BCUT2D eigenvalue weighted by Gasteiger charge is -2.37. The van der Waals surface area contributed by atoms with Crippen LogP contribution in [0.15, 0.2) is 48.5 Å². The standard InChI is InChI=1S/C27H32N2O6/c1-18-25(26(31)32)29(15-16-34-18)24(30)13-3-2-8-14-28-27(33)35-17-23-21-11-6-4-9-19(21)20-10-5-7-12-22(20)23/h4-7,9-12,18,23,25H,2-3,8,13-17H2,1H3,(H,28,33)(H,31,32). The molecule has 1 heterocycles. The quantitative estimate of drug-likeness (QED) is 0.529. The molecule has 2 atom stereocenters. The number of morpholine rings is 1. The lowest BCUT2D eigenvalue weighted by atomic mass is 9.98. The molecule has 0 aromatic heterocycles. The highest BCUT2D eigenvalue weighted by Gasteiger charge is 2.37. The van der Waals surface area contributed by atoms with Crippen LogP contribution in [0.3, 0.4) is 0 Å². The number of rotatable bonds is 9. The van der Waals surface area contributed by atoms with Gasteiger partial charge >= 0.3 is 12.1 Å². The molecule has 0 bridgehead atoms. The van der Waals surface area contributed by atoms with Gasteiger partial charge in [-0.15, -0.1) is 0 Å². The number of carbonyl (C=O) groups is 3. The molecule has 2 amide bonds. The van der Waals surface area contributed by atoms with E-state index in [9.17, 15) is 19.5 Å². The molecule has 2 aromatic carbocycles. The van der Waals surface area contributed by atoms with Crippen LogP contribution < -0.4 is 5.32 Å². The largest absolute Gasteiger partial charge is 0.480 e. The number of hydrogen-bond donors (Lipinski definition) is 2. The van der Waals surface area contributed by atoms with E-state index in [1.54, 1.807) is 6.92 Å². The average Bonchev–Trinajstić information content (AvgIpc) is 3.18. The highest BCUT2D eigenvalue weighted by molar-refractivity contribution is 5.84. The molecule has 1 saturated heterocycles. The number of ether oxygens (including phenoxy) is 2. The number of carboxylic acid groups (broad SMARTS) is 1. The summed E-state index contributed by atoms with van der Waals surface area (Å²) in [5.74, 6) is -1.19. The van der Waals surface area contributed by atoms with E-state index >= 15 is 0 Å². The zero-order valence-electron chi connectivity index (χ0n) is 19.9. The van der Waals surface area contributed by atoms with Crippen molar-refractivity contribution in [2.75, 3.05) is 26.3 Å². The fourth-order valence-corrected chi connectivity index (χ4v) is 5.00. The molecule has 2 aromatic rings. The number of unbranched alkanes of at least 4 members (excludes halogenated alkanes) is 2. The van der Waals surface area contributed by atoms with Crippen molar-refractivity contribution < 1.29 is 29.0 Å². The van der Waals surface area contributed by atoms with Gasteiger partial charge in [-0.2, -0.15) is 0 Å². The van der Waals surface area contributed by atoms with Crippen molar-refractivity contribution in [3.8, 4) is 11.1 Å². The van der Waals surface area contributed by atoms with Gasteiger partial charge in [0.05, 0.1) is 12.7 Å². The van der Waals surface area contributed by atoms with E-state index in [4.69, 9.17) is 9.47 Å². The minimum Gasteiger partial charge on any atom is -0.480 e. The van der Waals surface area contributed by atoms with E-state index in [2.05, 4.69) is 29.6 Å². The number of alkyl carbamates (subject to hydrolysis) is 1. The van der Waals surface area contributed by atoms with E-state index in [1.807, 2.05) is 24.3 Å². The van der Waals surface area contributed by atoms with Crippen LogP contribution in [0.5, 0.6) is 0 Å². The van der Waals surface area contributed by atoms with Crippen molar-refractivity contribution in [2.45, 2.75) is 50.7 Å². The van der Waals surface area contributed by atoms with Crippen molar-refractivity contribution in [3.05, 3.63) is 59.7 Å². The van der Waals surface area contributed by atoms with Crippen LogP contribution in [0.1, 0.15) is 49.7 Å². The maximum atomic E-state index is 12.5. The third kappa shape index (κ3) is 5.65. The number of nitrogens with one attached hydrogen (secondary N) is 1. The summed E-state index contributed by atoms with van der Waals surface area (Å²) in [7, 11) is 0. The Morgan fingerprint density at radius 3 is 2.34 bits per heavy atom. The zero-order valence-corrected chi connectivity index (χ0v) is 19.9. The number of carbonyl (C=O) groups excluding carboxylic acids is 2. The maximum absolute atomic E-state index is 12.5. The molecule has 0 radical (unpaired) electrons. The van der Waals surface area contributed by atoms with Crippen molar-refractivity contribution in [1.82, 2.24) is 10.2 Å². The zero-order chi connectivity index (χ0) is 24.8. The molecule has 0 spiro atoms. The molecule has 4 rings (SSSR count). The summed E-state index contributed by atoms with van der Waals surface area (Å²) in [5.41, 5.74) is 4.72. The van der Waals surface area contributed by atoms with E-state index in [1.165, 1.54) is 27.2 Å². The molecule has 1 aliphatic heterocycles. The van der Waals surface area contributed by atoms with Gasteiger partial charge in [0, 0.05) is 25.4 Å². The predicted octanol–water partition coefficient (Wildman–Crippen LogP) is 3.79. The highest BCUT2D eigenvalue weighted by Crippen LogP contribution is 2.44.